The number of alkyl halides is 3. The third-order valence-electron chi connectivity index (χ3n) is 4.96. The average molecular weight is 454 g/mol. The van der Waals surface area contributed by atoms with Gasteiger partial charge in [-0.05, 0) is 18.1 Å². The fourth-order valence-corrected chi connectivity index (χ4v) is 4.05. The maximum atomic E-state index is 12.8. The van der Waals surface area contributed by atoms with Crippen LogP contribution in [0.5, 0.6) is 0 Å². The zero-order valence-electron chi connectivity index (χ0n) is 16.3. The molecule has 2 atom stereocenters. The maximum absolute atomic E-state index is 12.8. The first-order valence-corrected chi connectivity index (χ1v) is 10.3. The molecular formula is C20H21F3N4O3S. The lowest BCUT2D eigenvalue weighted by Gasteiger charge is -2.19. The molecule has 0 bridgehead atoms. The fraction of sp³-hybridized carbons (Fsp3) is 0.350. The molecule has 0 aliphatic carbocycles. The van der Waals surface area contributed by atoms with Crippen molar-refractivity contribution >= 4 is 29.2 Å². The minimum Gasteiger partial charge on any atom is -0.465 e. The molecule has 1 saturated heterocycles. The van der Waals surface area contributed by atoms with Crippen LogP contribution < -0.4 is 10.6 Å². The molecule has 2 aromatic rings. The normalized spacial score (nSPS) is 18.5. The highest BCUT2D eigenvalue weighted by Gasteiger charge is 2.45. The van der Waals surface area contributed by atoms with Crippen molar-refractivity contribution in [2.75, 3.05) is 6.54 Å². The first-order chi connectivity index (χ1) is 14.6. The molecule has 11 heteroatoms. The molecule has 1 aliphatic rings. The first kappa shape index (κ1) is 22.8. The molecule has 4 N–H and O–H groups in total. The zero-order valence-corrected chi connectivity index (χ0v) is 17.1. The number of hydrogen-bond acceptors (Lipinski definition) is 5. The lowest BCUT2D eigenvalue weighted by atomic mass is 10.1. The van der Waals surface area contributed by atoms with Crippen molar-refractivity contribution < 1.29 is 27.9 Å². The first-order valence-electron chi connectivity index (χ1n) is 9.43. The number of nitrogens with one attached hydrogen (secondary N) is 3. The summed E-state index contributed by atoms with van der Waals surface area (Å²) in [5, 5.41) is 24.6. The van der Waals surface area contributed by atoms with E-state index in [-0.39, 0.29) is 31.9 Å². The molecule has 2 heterocycles. The van der Waals surface area contributed by atoms with E-state index >= 15 is 0 Å². The van der Waals surface area contributed by atoms with Crippen LogP contribution in [-0.4, -0.2) is 46.6 Å². The molecule has 166 valence electrons. The summed E-state index contributed by atoms with van der Waals surface area (Å²) < 4.78 is 38.3. The van der Waals surface area contributed by atoms with Gasteiger partial charge in [-0.2, -0.15) is 13.2 Å². The Bertz CT molecular complexity index is 949. The molecule has 0 radical (unpaired) electrons. The molecular weight excluding hydrogens is 433 g/mol. The van der Waals surface area contributed by atoms with Gasteiger partial charge in [-0.25, -0.2) is 4.79 Å². The van der Waals surface area contributed by atoms with Gasteiger partial charge in [0, 0.05) is 22.4 Å². The molecule has 1 aromatic heterocycles. The van der Waals surface area contributed by atoms with Crippen molar-refractivity contribution in [1.82, 2.24) is 15.5 Å². The molecule has 1 aliphatic heterocycles. The highest BCUT2D eigenvalue weighted by atomic mass is 32.1. The molecule has 0 spiro atoms. The summed E-state index contributed by atoms with van der Waals surface area (Å²) >= 11 is 1.23. The van der Waals surface area contributed by atoms with Crippen molar-refractivity contribution in [1.29, 1.82) is 5.41 Å². The van der Waals surface area contributed by atoms with Crippen molar-refractivity contribution in [3.63, 3.8) is 0 Å². The van der Waals surface area contributed by atoms with Crippen molar-refractivity contribution in [3.05, 3.63) is 57.8 Å². The van der Waals surface area contributed by atoms with Crippen LogP contribution in [-0.2, 0) is 17.9 Å². The second kappa shape index (κ2) is 9.48. The summed E-state index contributed by atoms with van der Waals surface area (Å²) in [5.74, 6) is -2.26. The Kier molecular flexibility index (Phi) is 6.96. The Hall–Kier alpha value is -2.92. The van der Waals surface area contributed by atoms with Crippen LogP contribution in [0.2, 0.25) is 0 Å². The quantitative estimate of drug-likeness (QED) is 0.397. The predicted octanol–water partition coefficient (Wildman–Crippen LogP) is 3.41. The van der Waals surface area contributed by atoms with Crippen LogP contribution in [0.1, 0.15) is 22.4 Å². The number of hydrogen-bond donors (Lipinski definition) is 4. The van der Waals surface area contributed by atoms with Crippen molar-refractivity contribution in [3.8, 4) is 0 Å². The second-order valence-electron chi connectivity index (χ2n) is 7.16. The van der Waals surface area contributed by atoms with E-state index in [0.717, 1.165) is 10.5 Å². The zero-order chi connectivity index (χ0) is 22.6. The monoisotopic (exact) mass is 454 g/mol. The smallest absolute Gasteiger partial charge is 0.413 e. The number of amidine groups is 1. The van der Waals surface area contributed by atoms with E-state index in [0.29, 0.717) is 10.4 Å². The number of carbonyl (C=O) groups excluding carboxylic acids is 1. The van der Waals surface area contributed by atoms with Gasteiger partial charge in [0.05, 0.1) is 25.0 Å². The van der Waals surface area contributed by atoms with Crippen molar-refractivity contribution in [2.45, 2.75) is 31.7 Å². The summed E-state index contributed by atoms with van der Waals surface area (Å²) in [6, 6.07) is 9.58. The molecule has 31 heavy (non-hydrogen) atoms. The Morgan fingerprint density at radius 1 is 1.29 bits per heavy atom. The number of thiophene rings is 1. The standard InChI is InChI=1S/C20H21F3N4O3S/c21-20(22,23)14-7-16(25-8-14)18(28)26-9-15-6-13(11-31-15)17(24)27(19(29)30)10-12-4-2-1-3-5-12/h1-6,11,14,16,24-25H,7-10H2,(H,26,28)(H,29,30)/t14-,16+/m1/s1. The Balaban J connectivity index is 1.57. The van der Waals surface area contributed by atoms with Gasteiger partial charge >= 0.3 is 12.3 Å². The summed E-state index contributed by atoms with van der Waals surface area (Å²) in [7, 11) is 0. The van der Waals surface area contributed by atoms with E-state index in [1.807, 2.05) is 6.07 Å². The Morgan fingerprint density at radius 3 is 2.61 bits per heavy atom. The van der Waals surface area contributed by atoms with E-state index < -0.39 is 30.1 Å². The van der Waals surface area contributed by atoms with Gasteiger partial charge in [0.15, 0.2) is 0 Å². The predicted molar refractivity (Wildman–Crippen MR) is 109 cm³/mol. The van der Waals surface area contributed by atoms with Crippen LogP contribution in [0.15, 0.2) is 41.8 Å². The number of halogens is 3. The van der Waals surface area contributed by atoms with Crippen LogP contribution >= 0.6 is 11.3 Å². The van der Waals surface area contributed by atoms with E-state index in [4.69, 9.17) is 5.41 Å². The molecule has 0 saturated carbocycles. The molecule has 7 nitrogen and oxygen atoms in total. The topological polar surface area (TPSA) is 106 Å². The van der Waals surface area contributed by atoms with Gasteiger partial charge in [0.2, 0.25) is 5.91 Å². The third-order valence-corrected chi connectivity index (χ3v) is 5.90. The van der Waals surface area contributed by atoms with E-state index in [1.165, 1.54) is 11.3 Å². The largest absolute Gasteiger partial charge is 0.465 e. The molecule has 1 fully saturated rings. The molecule has 2 amide bonds. The van der Waals surface area contributed by atoms with Gasteiger partial charge in [-0.3, -0.25) is 15.1 Å². The maximum Gasteiger partial charge on any atom is 0.413 e. The molecule has 3 rings (SSSR count). The number of nitrogens with zero attached hydrogens (tertiary/aromatic N) is 1. The lowest BCUT2D eigenvalue weighted by Crippen LogP contribution is -2.39. The van der Waals surface area contributed by atoms with Gasteiger partial charge in [-0.1, -0.05) is 30.3 Å². The fourth-order valence-electron chi connectivity index (χ4n) is 3.24. The minimum absolute atomic E-state index is 0.0185. The van der Waals surface area contributed by atoms with Gasteiger partial charge in [-0.15, -0.1) is 11.3 Å². The highest BCUT2D eigenvalue weighted by Crippen LogP contribution is 2.32. The number of carbonyl (C=O) groups is 2. The highest BCUT2D eigenvalue weighted by molar-refractivity contribution is 7.10. The van der Waals surface area contributed by atoms with E-state index in [1.54, 1.807) is 35.7 Å². The molecule has 0 unspecified atom stereocenters. The van der Waals surface area contributed by atoms with E-state index in [2.05, 4.69) is 10.6 Å². The van der Waals surface area contributed by atoms with Gasteiger partial charge in [0.25, 0.3) is 0 Å². The number of carboxylic acid groups (broad SMARTS) is 1. The van der Waals surface area contributed by atoms with E-state index in [9.17, 15) is 27.9 Å². The summed E-state index contributed by atoms with van der Waals surface area (Å²) in [6.45, 7) is -0.184. The number of rotatable bonds is 6. The van der Waals surface area contributed by atoms with Crippen LogP contribution in [0.4, 0.5) is 18.0 Å². The Labute approximate surface area is 180 Å². The molecule has 1 aromatic carbocycles. The van der Waals surface area contributed by atoms with Crippen LogP contribution in [0, 0.1) is 11.3 Å². The Morgan fingerprint density at radius 2 is 2.00 bits per heavy atom. The summed E-state index contributed by atoms with van der Waals surface area (Å²) in [6.07, 6.45) is -5.90. The third kappa shape index (κ3) is 5.82. The van der Waals surface area contributed by atoms with Gasteiger partial charge < -0.3 is 15.7 Å². The average Bonchev–Trinajstić information content (AvgIpc) is 3.40. The minimum atomic E-state index is -4.33. The van der Waals surface area contributed by atoms with Gasteiger partial charge in [0.1, 0.15) is 5.84 Å². The second-order valence-corrected chi connectivity index (χ2v) is 8.15. The number of amides is 2. The SMILES string of the molecule is N=C(c1csc(CNC(=O)[C@@H]2C[C@@H](C(F)(F)F)CN2)c1)N(Cc1ccccc1)C(=O)O. The number of benzene rings is 1. The van der Waals surface area contributed by atoms with Crippen LogP contribution in [0.3, 0.4) is 0 Å². The van der Waals surface area contributed by atoms with Crippen molar-refractivity contribution in [2.24, 2.45) is 5.92 Å². The summed E-state index contributed by atoms with van der Waals surface area (Å²) in [5.41, 5.74) is 1.11. The summed E-state index contributed by atoms with van der Waals surface area (Å²) in [4.78, 5) is 25.4. The van der Waals surface area contributed by atoms with Crippen LogP contribution in [0.25, 0.3) is 0 Å². The lowest BCUT2D eigenvalue weighted by molar-refractivity contribution is -0.169.